The Morgan fingerprint density at radius 3 is 3.19 bits per heavy atom. The molecule has 0 amide bonds. The summed E-state index contributed by atoms with van der Waals surface area (Å²) in [7, 11) is 3.94. The van der Waals surface area contributed by atoms with Crippen LogP contribution in [0.15, 0.2) is 11.8 Å². The number of nitrogens with one attached hydrogen (secondary N) is 2. The molecular formula is C15H22N4O2. The fourth-order valence-electron chi connectivity index (χ4n) is 3.08. The number of H-pyrrole nitrogens is 1. The Bertz CT molecular complexity index is 564. The van der Waals surface area contributed by atoms with E-state index in [1.54, 1.807) is 0 Å². The summed E-state index contributed by atoms with van der Waals surface area (Å²) in [6, 6.07) is 0. The molecule has 6 heteroatoms. The van der Waals surface area contributed by atoms with Crippen molar-refractivity contribution < 1.29 is 9.53 Å². The van der Waals surface area contributed by atoms with Gasteiger partial charge in [-0.05, 0) is 50.7 Å². The van der Waals surface area contributed by atoms with Crippen molar-refractivity contribution in [1.82, 2.24) is 20.4 Å². The predicted octanol–water partition coefficient (Wildman–Crippen LogP) is 0.434. The van der Waals surface area contributed by atoms with E-state index in [2.05, 4.69) is 21.6 Å². The Balaban J connectivity index is 1.81. The number of likely N-dealkylation sites (N-methyl/N-ethyl adjacent to an activating group) is 1. The largest absolute Gasteiger partial charge is 0.464 e. The molecule has 2 N–H and O–H groups in total. The van der Waals surface area contributed by atoms with Gasteiger partial charge in [0.1, 0.15) is 12.0 Å². The van der Waals surface area contributed by atoms with E-state index < -0.39 is 5.41 Å². The molecule has 3 rings (SSSR count). The van der Waals surface area contributed by atoms with Crippen molar-refractivity contribution in [2.45, 2.75) is 12.8 Å². The summed E-state index contributed by atoms with van der Waals surface area (Å²) >= 11 is 0. The topological polar surface area (TPSA) is 70.2 Å². The summed E-state index contributed by atoms with van der Waals surface area (Å²) in [5.41, 5.74) is 2.73. The Hall–Kier alpha value is -1.66. The number of carbonyl (C=O) groups excluding carboxylic acids is 1. The Labute approximate surface area is 124 Å². The van der Waals surface area contributed by atoms with Gasteiger partial charge in [-0.1, -0.05) is 0 Å². The average Bonchev–Trinajstić information content (AvgIpc) is 2.90. The van der Waals surface area contributed by atoms with Crippen LogP contribution in [0.25, 0.3) is 6.08 Å². The van der Waals surface area contributed by atoms with E-state index in [0.29, 0.717) is 19.6 Å². The van der Waals surface area contributed by atoms with Crippen molar-refractivity contribution in [3.63, 3.8) is 0 Å². The molecule has 1 atom stereocenters. The van der Waals surface area contributed by atoms with Crippen LogP contribution in [0.3, 0.4) is 0 Å². The standard InChI is InChI=1S/C15H22N4O2/c1-19(2)5-6-21-14(20)15-8-11-9-17-18-13(11)7-12(15)3-4-16-10-15/h7,9,16H,3-6,8,10H2,1-2H3,(H,17,18). The monoisotopic (exact) mass is 290 g/mol. The van der Waals surface area contributed by atoms with Gasteiger partial charge in [0.2, 0.25) is 0 Å². The number of nitrogens with zero attached hydrogens (tertiary/aromatic N) is 2. The van der Waals surface area contributed by atoms with Crippen molar-refractivity contribution in [2.75, 3.05) is 40.3 Å². The van der Waals surface area contributed by atoms with Crippen LogP contribution in [0.1, 0.15) is 17.7 Å². The molecular weight excluding hydrogens is 268 g/mol. The van der Waals surface area contributed by atoms with Gasteiger partial charge >= 0.3 is 5.97 Å². The number of carbonyl (C=O) groups is 1. The molecule has 0 spiro atoms. The lowest BCUT2D eigenvalue weighted by Gasteiger charge is -2.40. The van der Waals surface area contributed by atoms with Gasteiger partial charge in [0.15, 0.2) is 0 Å². The van der Waals surface area contributed by atoms with Crippen LogP contribution in [0.4, 0.5) is 0 Å². The van der Waals surface area contributed by atoms with E-state index in [9.17, 15) is 4.79 Å². The van der Waals surface area contributed by atoms with Crippen LogP contribution >= 0.6 is 0 Å². The Kier molecular flexibility index (Phi) is 3.82. The minimum atomic E-state index is -0.554. The second-order valence-electron chi connectivity index (χ2n) is 6.10. The molecule has 114 valence electrons. The molecule has 1 aromatic rings. The van der Waals surface area contributed by atoms with Gasteiger partial charge in [-0.2, -0.15) is 5.10 Å². The van der Waals surface area contributed by atoms with Crippen LogP contribution in [-0.4, -0.2) is 61.4 Å². The van der Waals surface area contributed by atoms with Crippen molar-refractivity contribution in [3.05, 3.63) is 23.0 Å². The maximum atomic E-state index is 12.7. The van der Waals surface area contributed by atoms with Crippen molar-refractivity contribution in [2.24, 2.45) is 5.41 Å². The first-order chi connectivity index (χ1) is 10.1. The number of aromatic amines is 1. The predicted molar refractivity (Wildman–Crippen MR) is 79.7 cm³/mol. The van der Waals surface area contributed by atoms with Crippen molar-refractivity contribution in [3.8, 4) is 0 Å². The van der Waals surface area contributed by atoms with Crippen LogP contribution < -0.4 is 5.32 Å². The minimum Gasteiger partial charge on any atom is -0.464 e. The van der Waals surface area contributed by atoms with Gasteiger partial charge in [0.25, 0.3) is 0 Å². The van der Waals surface area contributed by atoms with Crippen LogP contribution in [0, 0.1) is 5.41 Å². The van der Waals surface area contributed by atoms with Gasteiger partial charge in [-0.15, -0.1) is 0 Å². The highest BCUT2D eigenvalue weighted by molar-refractivity contribution is 5.85. The fraction of sp³-hybridized carbons (Fsp3) is 0.600. The van der Waals surface area contributed by atoms with Crippen LogP contribution in [0.2, 0.25) is 0 Å². The smallest absolute Gasteiger partial charge is 0.317 e. The van der Waals surface area contributed by atoms with Gasteiger partial charge in [-0.25, -0.2) is 0 Å². The molecule has 1 aromatic heterocycles. The van der Waals surface area contributed by atoms with Gasteiger partial charge < -0.3 is 15.0 Å². The third kappa shape index (κ3) is 2.61. The molecule has 0 radical (unpaired) electrons. The number of rotatable bonds is 4. The molecule has 1 unspecified atom stereocenters. The third-order valence-electron chi connectivity index (χ3n) is 4.34. The maximum Gasteiger partial charge on any atom is 0.317 e. The molecule has 6 nitrogen and oxygen atoms in total. The third-order valence-corrected chi connectivity index (χ3v) is 4.34. The molecule has 21 heavy (non-hydrogen) atoms. The zero-order chi connectivity index (χ0) is 14.9. The Morgan fingerprint density at radius 1 is 1.52 bits per heavy atom. The van der Waals surface area contributed by atoms with Gasteiger partial charge in [0, 0.05) is 13.1 Å². The number of hydrogen-bond donors (Lipinski definition) is 2. The van der Waals surface area contributed by atoms with E-state index in [0.717, 1.165) is 36.3 Å². The number of hydrogen-bond acceptors (Lipinski definition) is 5. The molecule has 1 aliphatic carbocycles. The molecule has 0 bridgehead atoms. The SMILES string of the molecule is CN(C)CCOC(=O)C12CNCCC1=Cc1[nH]ncc1C2. The minimum absolute atomic E-state index is 0.116. The molecule has 2 heterocycles. The molecule has 1 fully saturated rings. The van der Waals surface area contributed by atoms with E-state index in [-0.39, 0.29) is 5.97 Å². The van der Waals surface area contributed by atoms with Crippen molar-refractivity contribution in [1.29, 1.82) is 0 Å². The van der Waals surface area contributed by atoms with Gasteiger partial charge in [-0.3, -0.25) is 9.89 Å². The molecule has 1 aliphatic heterocycles. The fourth-order valence-corrected chi connectivity index (χ4v) is 3.08. The van der Waals surface area contributed by atoms with E-state index >= 15 is 0 Å². The Morgan fingerprint density at radius 2 is 2.38 bits per heavy atom. The summed E-state index contributed by atoms with van der Waals surface area (Å²) in [5, 5.41) is 10.4. The lowest BCUT2D eigenvalue weighted by atomic mass is 9.69. The average molecular weight is 290 g/mol. The second-order valence-corrected chi connectivity index (χ2v) is 6.10. The van der Waals surface area contributed by atoms with Gasteiger partial charge in [0.05, 0.1) is 11.9 Å². The summed E-state index contributed by atoms with van der Waals surface area (Å²) in [4.78, 5) is 14.7. The number of fused-ring (bicyclic) bond motifs is 2. The highest BCUT2D eigenvalue weighted by atomic mass is 16.5. The normalized spacial score (nSPS) is 24.2. The quantitative estimate of drug-likeness (QED) is 0.787. The number of esters is 1. The zero-order valence-corrected chi connectivity index (χ0v) is 12.6. The highest BCUT2D eigenvalue weighted by Crippen LogP contribution is 2.42. The first-order valence-corrected chi connectivity index (χ1v) is 7.38. The second kappa shape index (κ2) is 5.61. The molecule has 1 saturated heterocycles. The molecule has 0 aromatic carbocycles. The van der Waals surface area contributed by atoms with Crippen molar-refractivity contribution >= 4 is 12.0 Å². The van der Waals surface area contributed by atoms with Crippen LogP contribution in [0.5, 0.6) is 0 Å². The summed E-state index contributed by atoms with van der Waals surface area (Å²) in [6.45, 7) is 2.72. The number of piperidine rings is 1. The maximum absolute atomic E-state index is 12.7. The summed E-state index contributed by atoms with van der Waals surface area (Å²) in [5.74, 6) is -0.116. The highest BCUT2D eigenvalue weighted by Gasteiger charge is 2.47. The van der Waals surface area contributed by atoms with E-state index in [1.165, 1.54) is 0 Å². The number of aromatic nitrogens is 2. The first kappa shape index (κ1) is 14.3. The zero-order valence-electron chi connectivity index (χ0n) is 12.6. The number of ether oxygens (including phenoxy) is 1. The van der Waals surface area contributed by atoms with E-state index in [4.69, 9.17) is 4.74 Å². The van der Waals surface area contributed by atoms with Crippen LogP contribution in [-0.2, 0) is 16.0 Å². The lowest BCUT2D eigenvalue weighted by molar-refractivity contribution is -0.154. The summed E-state index contributed by atoms with van der Waals surface area (Å²) < 4.78 is 5.55. The molecule has 0 saturated carbocycles. The van der Waals surface area contributed by atoms with E-state index in [1.807, 2.05) is 25.2 Å². The molecule has 2 aliphatic rings. The summed E-state index contributed by atoms with van der Waals surface area (Å²) in [6.07, 6.45) is 5.44. The lowest BCUT2D eigenvalue weighted by Crippen LogP contribution is -2.50. The first-order valence-electron chi connectivity index (χ1n) is 7.38.